The summed E-state index contributed by atoms with van der Waals surface area (Å²) in [7, 11) is 3.12. The molecule has 2 rings (SSSR count). The fourth-order valence-corrected chi connectivity index (χ4v) is 5.57. The van der Waals surface area contributed by atoms with E-state index < -0.39 is 54.3 Å². The van der Waals surface area contributed by atoms with Gasteiger partial charge >= 0.3 is 5.97 Å². The van der Waals surface area contributed by atoms with Crippen LogP contribution in [0, 0.1) is 5.92 Å². The molecule has 0 aromatic heterocycles. The van der Waals surface area contributed by atoms with Crippen LogP contribution in [0.1, 0.15) is 40.0 Å². The Bertz CT molecular complexity index is 663. The number of allylic oxidation sites excluding steroid dienone is 1. The summed E-state index contributed by atoms with van der Waals surface area (Å²) in [6.07, 6.45) is 0.752. The third kappa shape index (κ3) is 8.64. The highest BCUT2D eigenvalue weighted by molar-refractivity contribution is 8.76. The number of hydrogen-bond acceptors (Lipinski definition) is 9. The fourth-order valence-electron chi connectivity index (χ4n) is 3.34. The number of esters is 1. The number of nitrogens with one attached hydrogen (secondary N) is 3. The number of aliphatic hydroxyl groups is 2. The second kappa shape index (κ2) is 12.7. The number of carbonyl (C=O) groups excluding carboxylic acids is 3. The van der Waals surface area contributed by atoms with Crippen molar-refractivity contribution in [3.05, 3.63) is 12.2 Å². The van der Waals surface area contributed by atoms with Crippen molar-refractivity contribution >= 4 is 39.4 Å². The van der Waals surface area contributed by atoms with Crippen molar-refractivity contribution in [1.29, 1.82) is 0 Å². The maximum atomic E-state index is 12.7. The minimum atomic E-state index is -1.16. The summed E-state index contributed by atoms with van der Waals surface area (Å²) in [5, 5.41) is 29.9. The molecule has 1 fully saturated rings. The Balaban J connectivity index is 2.40. The molecule has 2 heterocycles. The summed E-state index contributed by atoms with van der Waals surface area (Å²) >= 11 is 0. The summed E-state index contributed by atoms with van der Waals surface area (Å²) in [4.78, 5) is 37.5. The van der Waals surface area contributed by atoms with E-state index in [0.717, 1.165) is 5.75 Å². The number of aliphatic hydroxyl groups excluding tert-OH is 2. The van der Waals surface area contributed by atoms with Gasteiger partial charge in [-0.15, -0.1) is 0 Å². The van der Waals surface area contributed by atoms with Crippen molar-refractivity contribution in [3.8, 4) is 0 Å². The zero-order valence-electron chi connectivity index (χ0n) is 18.1. The molecule has 1 saturated heterocycles. The van der Waals surface area contributed by atoms with Crippen LogP contribution in [0.4, 0.5) is 0 Å². The van der Waals surface area contributed by atoms with Crippen LogP contribution in [0.15, 0.2) is 12.2 Å². The van der Waals surface area contributed by atoms with Gasteiger partial charge < -0.3 is 25.6 Å². The smallest absolute Gasteiger partial charge is 0.309 e. The van der Waals surface area contributed by atoms with Crippen molar-refractivity contribution in [1.82, 2.24) is 16.0 Å². The van der Waals surface area contributed by atoms with Gasteiger partial charge in [0.15, 0.2) is 0 Å². The first-order chi connectivity index (χ1) is 14.7. The molecule has 2 bridgehead atoms. The Kier molecular flexibility index (Phi) is 10.6. The van der Waals surface area contributed by atoms with E-state index in [1.807, 2.05) is 19.9 Å². The van der Waals surface area contributed by atoms with Crippen LogP contribution in [0.5, 0.6) is 0 Å². The van der Waals surface area contributed by atoms with Gasteiger partial charge in [0, 0.05) is 17.5 Å². The average Bonchev–Trinajstić information content (AvgIpc) is 2.68. The zero-order chi connectivity index (χ0) is 23.0. The predicted octanol–water partition coefficient (Wildman–Crippen LogP) is 0.316. The number of amides is 2. The summed E-state index contributed by atoms with van der Waals surface area (Å²) in [6, 6.07) is -2.10. The van der Waals surface area contributed by atoms with E-state index in [4.69, 9.17) is 4.74 Å². The molecule has 0 aromatic carbocycles. The van der Waals surface area contributed by atoms with E-state index in [2.05, 4.69) is 16.0 Å². The molecule has 0 spiro atoms. The molecule has 0 radical (unpaired) electrons. The monoisotopic (exact) mass is 475 g/mol. The van der Waals surface area contributed by atoms with Gasteiger partial charge in [0.05, 0.1) is 25.0 Å². The third-order valence-corrected chi connectivity index (χ3v) is 7.54. The average molecular weight is 476 g/mol. The molecule has 31 heavy (non-hydrogen) atoms. The maximum Gasteiger partial charge on any atom is 0.309 e. The number of hydrogen-bond donors (Lipinski definition) is 5. The van der Waals surface area contributed by atoms with Crippen molar-refractivity contribution < 1.29 is 29.3 Å². The van der Waals surface area contributed by atoms with Gasteiger partial charge in [-0.1, -0.05) is 41.5 Å². The standard InChI is InChI=1S/C20H33N3O6S2/c1-11(2)18-15(24)9-17(26)29-13-6-4-5-7-30-31-10-14(20(28)23-18)22-19(27)12(3)21-16(25)8-13/h4,6,11-15,18,20,23-24,28H,5,7-10H2,1-3H3,(H,21,25)(H,22,27)/t12-,13-,14-,15+,18-,20?/m1/s1. The van der Waals surface area contributed by atoms with Gasteiger partial charge in [-0.2, -0.15) is 0 Å². The molecule has 6 atom stereocenters. The van der Waals surface area contributed by atoms with Crippen LogP contribution in [0.2, 0.25) is 0 Å². The predicted molar refractivity (Wildman–Crippen MR) is 121 cm³/mol. The maximum absolute atomic E-state index is 12.7. The quantitative estimate of drug-likeness (QED) is 0.206. The SMILES string of the molecule is CC(C)[C@H]1NC(O)[C@H]2CSSCCC=C[C@H](CC(=O)N[C@H](C)C(=O)N2)OC(=O)C[C@@H]1O. The first-order valence-corrected chi connectivity index (χ1v) is 13.0. The normalized spacial score (nSPS) is 34.7. The topological polar surface area (TPSA) is 137 Å². The highest BCUT2D eigenvalue weighted by atomic mass is 33.1. The molecule has 2 aliphatic heterocycles. The summed E-state index contributed by atoms with van der Waals surface area (Å²) in [5.74, 6) is -0.414. The van der Waals surface area contributed by atoms with Gasteiger partial charge in [0.2, 0.25) is 11.8 Å². The van der Waals surface area contributed by atoms with Crippen molar-refractivity contribution in [2.45, 2.75) is 76.6 Å². The summed E-state index contributed by atoms with van der Waals surface area (Å²) < 4.78 is 5.45. The molecule has 176 valence electrons. The Morgan fingerprint density at radius 2 is 1.87 bits per heavy atom. The Morgan fingerprint density at radius 3 is 2.58 bits per heavy atom. The molecule has 0 aliphatic carbocycles. The van der Waals surface area contributed by atoms with E-state index in [1.54, 1.807) is 23.8 Å². The lowest BCUT2D eigenvalue weighted by Crippen LogP contribution is -2.59. The number of ether oxygens (including phenoxy) is 1. The summed E-state index contributed by atoms with van der Waals surface area (Å²) in [6.45, 7) is 5.28. The molecular weight excluding hydrogens is 442 g/mol. The molecular formula is C20H33N3O6S2. The van der Waals surface area contributed by atoms with Crippen molar-refractivity contribution in [3.63, 3.8) is 0 Å². The lowest BCUT2D eigenvalue weighted by Gasteiger charge is -2.33. The van der Waals surface area contributed by atoms with Crippen molar-refractivity contribution in [2.75, 3.05) is 11.5 Å². The van der Waals surface area contributed by atoms with E-state index in [0.29, 0.717) is 12.2 Å². The second-order valence-corrected chi connectivity index (χ2v) is 10.7. The molecule has 2 amide bonds. The van der Waals surface area contributed by atoms with E-state index in [-0.39, 0.29) is 18.8 Å². The first kappa shape index (κ1) is 26.0. The highest BCUT2D eigenvalue weighted by Gasteiger charge is 2.32. The molecule has 11 heteroatoms. The van der Waals surface area contributed by atoms with E-state index in [9.17, 15) is 24.6 Å². The lowest BCUT2D eigenvalue weighted by atomic mass is 9.95. The number of carbonyl (C=O) groups is 3. The van der Waals surface area contributed by atoms with Gasteiger partial charge in [-0.25, -0.2) is 0 Å². The number of rotatable bonds is 1. The third-order valence-electron chi connectivity index (χ3n) is 5.07. The molecule has 5 N–H and O–H groups in total. The Morgan fingerprint density at radius 1 is 1.13 bits per heavy atom. The zero-order valence-corrected chi connectivity index (χ0v) is 19.7. The van der Waals surface area contributed by atoms with Gasteiger partial charge in [0.25, 0.3) is 0 Å². The molecule has 9 nitrogen and oxygen atoms in total. The largest absolute Gasteiger partial charge is 0.457 e. The second-order valence-electron chi connectivity index (χ2n) is 8.11. The van der Waals surface area contributed by atoms with Gasteiger partial charge in [0.1, 0.15) is 18.4 Å². The van der Waals surface area contributed by atoms with Crippen LogP contribution >= 0.6 is 21.6 Å². The van der Waals surface area contributed by atoms with Crippen LogP contribution in [-0.2, 0) is 19.1 Å². The minimum Gasteiger partial charge on any atom is -0.457 e. The summed E-state index contributed by atoms with van der Waals surface area (Å²) in [5.41, 5.74) is 0. The molecule has 0 saturated carbocycles. The fraction of sp³-hybridized carbons (Fsp3) is 0.750. The Hall–Kier alpha value is -1.27. The molecule has 1 unspecified atom stereocenters. The van der Waals surface area contributed by atoms with E-state index in [1.165, 1.54) is 10.8 Å². The minimum absolute atomic E-state index is 0.108. The van der Waals surface area contributed by atoms with E-state index >= 15 is 0 Å². The molecule has 0 aromatic rings. The van der Waals surface area contributed by atoms with Crippen LogP contribution in [0.25, 0.3) is 0 Å². The highest BCUT2D eigenvalue weighted by Crippen LogP contribution is 2.24. The van der Waals surface area contributed by atoms with Crippen LogP contribution in [0.3, 0.4) is 0 Å². The van der Waals surface area contributed by atoms with Gasteiger partial charge in [-0.05, 0) is 25.3 Å². The Labute approximate surface area is 190 Å². The lowest BCUT2D eigenvalue weighted by molar-refractivity contribution is -0.151. The molecule has 2 aliphatic rings. The van der Waals surface area contributed by atoms with Crippen molar-refractivity contribution in [2.24, 2.45) is 5.92 Å². The van der Waals surface area contributed by atoms with Crippen LogP contribution < -0.4 is 16.0 Å². The first-order valence-electron chi connectivity index (χ1n) is 10.5. The van der Waals surface area contributed by atoms with Gasteiger partial charge in [-0.3, -0.25) is 19.7 Å². The number of fused-ring (bicyclic) bond motifs is 7. The van der Waals surface area contributed by atoms with Crippen LogP contribution in [-0.4, -0.2) is 76.1 Å².